The lowest BCUT2D eigenvalue weighted by Gasteiger charge is -2.19. The van der Waals surface area contributed by atoms with E-state index in [1.807, 2.05) is 4.89 Å². The molecule has 0 aliphatic heterocycles. The Labute approximate surface area is 118 Å². The van der Waals surface area contributed by atoms with Crippen molar-refractivity contribution in [2.75, 3.05) is 0 Å². The minimum absolute atomic E-state index is 0.198. The number of benzene rings is 1. The molecule has 0 amide bonds. The Hall–Kier alpha value is -1.51. The Morgan fingerprint density at radius 1 is 1.25 bits per heavy atom. The Morgan fingerprint density at radius 2 is 1.80 bits per heavy atom. The van der Waals surface area contributed by atoms with Gasteiger partial charge in [0, 0.05) is 11.6 Å². The summed E-state index contributed by atoms with van der Waals surface area (Å²) in [5.74, 6) is 0. The molecule has 0 bridgehead atoms. The predicted octanol–water partition coefficient (Wildman–Crippen LogP) is 2.22. The molecule has 20 heavy (non-hydrogen) atoms. The maximum absolute atomic E-state index is 12.1. The number of hydrogen-bond donors (Lipinski definition) is 1. The molecule has 1 aromatic rings. The molecule has 0 saturated heterocycles. The number of hydrogen-bond acceptors (Lipinski definition) is 5. The fraction of sp³-hybridized carbons (Fsp3) is 0.500. The highest BCUT2D eigenvalue weighted by atomic mass is 32.2. The molecular formula is C12H18N2O5S. The highest BCUT2D eigenvalue weighted by molar-refractivity contribution is 7.89. The topological polar surface area (TPSA) is 98.5 Å². The summed E-state index contributed by atoms with van der Waals surface area (Å²) in [7, 11) is -3.97. The first-order valence-electron chi connectivity index (χ1n) is 5.89. The number of nitro groups is 1. The van der Waals surface area contributed by atoms with Gasteiger partial charge in [0.25, 0.3) is 15.7 Å². The largest absolute Gasteiger partial charge is 0.281 e. The van der Waals surface area contributed by atoms with Gasteiger partial charge >= 0.3 is 0 Å². The van der Waals surface area contributed by atoms with E-state index in [4.69, 9.17) is 4.84 Å². The third-order valence-corrected chi connectivity index (χ3v) is 3.74. The standard InChI is InChI=1S/C12H18N2O5S/c1-8-6-10(7-11(9(8)2)14(15)16)20(17,18)13-19-12(3,4)5/h6-7,13H,1-5H3. The summed E-state index contributed by atoms with van der Waals surface area (Å²) in [5.41, 5.74) is 0.0146. The van der Waals surface area contributed by atoms with Gasteiger partial charge in [-0.1, -0.05) is 4.89 Å². The summed E-state index contributed by atoms with van der Waals surface area (Å²) < 4.78 is 24.1. The van der Waals surface area contributed by atoms with Crippen LogP contribution in [0.4, 0.5) is 5.69 Å². The molecule has 0 spiro atoms. The Kier molecular flexibility index (Phi) is 4.52. The minimum atomic E-state index is -3.97. The maximum atomic E-state index is 12.1. The third kappa shape index (κ3) is 3.99. The maximum Gasteiger partial charge on any atom is 0.273 e. The van der Waals surface area contributed by atoms with Crippen LogP contribution >= 0.6 is 0 Å². The Morgan fingerprint density at radius 3 is 2.25 bits per heavy atom. The number of aryl methyl sites for hydroxylation is 1. The van der Waals surface area contributed by atoms with Crippen LogP contribution in [-0.4, -0.2) is 18.9 Å². The fourth-order valence-corrected chi connectivity index (χ4v) is 2.44. The summed E-state index contributed by atoms with van der Waals surface area (Å²) in [5, 5.41) is 10.9. The SMILES string of the molecule is Cc1cc(S(=O)(=O)NOC(C)(C)C)cc([N+](=O)[O-])c1C. The summed E-state index contributed by atoms with van der Waals surface area (Å²) in [6.45, 7) is 8.23. The van der Waals surface area contributed by atoms with Crippen LogP contribution in [0.2, 0.25) is 0 Å². The van der Waals surface area contributed by atoms with Gasteiger partial charge in [-0.25, -0.2) is 8.42 Å². The van der Waals surface area contributed by atoms with Crippen molar-refractivity contribution in [3.05, 3.63) is 33.4 Å². The lowest BCUT2D eigenvalue weighted by Crippen LogP contribution is -2.33. The van der Waals surface area contributed by atoms with Crippen LogP contribution in [-0.2, 0) is 14.9 Å². The van der Waals surface area contributed by atoms with Gasteiger partial charge in [0.2, 0.25) is 0 Å². The normalized spacial score (nSPS) is 12.4. The number of nitrogens with zero attached hydrogens (tertiary/aromatic N) is 1. The second kappa shape index (κ2) is 5.47. The molecule has 1 aromatic carbocycles. The van der Waals surface area contributed by atoms with Crippen LogP contribution in [0, 0.1) is 24.0 Å². The van der Waals surface area contributed by atoms with Crippen molar-refractivity contribution in [1.82, 2.24) is 4.89 Å². The molecule has 112 valence electrons. The predicted molar refractivity (Wildman–Crippen MR) is 73.7 cm³/mol. The second-order valence-corrected chi connectivity index (χ2v) is 7.09. The molecule has 0 fully saturated rings. The lowest BCUT2D eigenvalue weighted by molar-refractivity contribution is -0.385. The molecule has 0 atom stereocenters. The van der Waals surface area contributed by atoms with Crippen molar-refractivity contribution >= 4 is 15.7 Å². The molecule has 1 N–H and O–H groups in total. The fourth-order valence-electron chi connectivity index (χ4n) is 1.38. The van der Waals surface area contributed by atoms with Crippen molar-refractivity contribution in [3.8, 4) is 0 Å². The number of nitrogens with one attached hydrogen (secondary N) is 1. The molecule has 0 aliphatic carbocycles. The van der Waals surface area contributed by atoms with Gasteiger partial charge < -0.3 is 0 Å². The van der Waals surface area contributed by atoms with Crippen LogP contribution in [0.3, 0.4) is 0 Å². The first-order valence-corrected chi connectivity index (χ1v) is 7.38. The summed E-state index contributed by atoms with van der Waals surface area (Å²) in [6, 6.07) is 2.40. The number of nitro benzene ring substituents is 1. The van der Waals surface area contributed by atoms with Crippen molar-refractivity contribution < 1.29 is 18.2 Å². The molecular weight excluding hydrogens is 284 g/mol. The van der Waals surface area contributed by atoms with Gasteiger partial charge in [0.15, 0.2) is 0 Å². The van der Waals surface area contributed by atoms with Crippen molar-refractivity contribution in [2.45, 2.75) is 45.1 Å². The zero-order valence-corrected chi connectivity index (χ0v) is 12.9. The van der Waals surface area contributed by atoms with Crippen LogP contribution in [0.1, 0.15) is 31.9 Å². The van der Waals surface area contributed by atoms with Crippen molar-refractivity contribution in [3.63, 3.8) is 0 Å². The van der Waals surface area contributed by atoms with E-state index in [0.29, 0.717) is 11.1 Å². The summed E-state index contributed by atoms with van der Waals surface area (Å²) >= 11 is 0. The van der Waals surface area contributed by atoms with E-state index in [1.165, 1.54) is 6.07 Å². The smallest absolute Gasteiger partial charge is 0.273 e. The highest BCUT2D eigenvalue weighted by Crippen LogP contribution is 2.26. The van der Waals surface area contributed by atoms with Crippen molar-refractivity contribution in [1.29, 1.82) is 0 Å². The molecule has 1 rings (SSSR count). The van der Waals surface area contributed by atoms with Gasteiger partial charge in [-0.2, -0.15) is 0 Å². The molecule has 7 nitrogen and oxygen atoms in total. The van der Waals surface area contributed by atoms with Gasteiger partial charge in [-0.3, -0.25) is 15.0 Å². The second-order valence-electron chi connectivity index (χ2n) is 5.44. The lowest BCUT2D eigenvalue weighted by atomic mass is 10.1. The van der Waals surface area contributed by atoms with Gasteiger partial charge in [-0.15, -0.1) is 0 Å². The highest BCUT2D eigenvalue weighted by Gasteiger charge is 2.23. The van der Waals surface area contributed by atoms with Crippen LogP contribution < -0.4 is 4.89 Å². The van der Waals surface area contributed by atoms with Gasteiger partial charge in [-0.05, 0) is 46.2 Å². The van der Waals surface area contributed by atoms with Crippen LogP contribution in [0.25, 0.3) is 0 Å². The first-order chi connectivity index (χ1) is 8.94. The van der Waals surface area contributed by atoms with Gasteiger partial charge in [0.05, 0.1) is 15.4 Å². The average molecular weight is 302 g/mol. The molecule has 0 unspecified atom stereocenters. The molecule has 0 heterocycles. The Bertz CT molecular complexity index is 632. The first kappa shape index (κ1) is 16.5. The van der Waals surface area contributed by atoms with E-state index in [-0.39, 0.29) is 10.6 Å². The van der Waals surface area contributed by atoms with E-state index in [2.05, 4.69) is 0 Å². The quantitative estimate of drug-likeness (QED) is 0.679. The van der Waals surface area contributed by atoms with E-state index >= 15 is 0 Å². The van der Waals surface area contributed by atoms with E-state index < -0.39 is 20.5 Å². The van der Waals surface area contributed by atoms with Crippen LogP contribution in [0.5, 0.6) is 0 Å². The molecule has 0 aliphatic rings. The molecule has 0 radical (unpaired) electrons. The summed E-state index contributed by atoms with van der Waals surface area (Å²) in [6.07, 6.45) is 0. The van der Waals surface area contributed by atoms with Crippen molar-refractivity contribution in [2.24, 2.45) is 0 Å². The van der Waals surface area contributed by atoms with Gasteiger partial charge in [0.1, 0.15) is 0 Å². The van der Waals surface area contributed by atoms with Crippen LogP contribution in [0.15, 0.2) is 17.0 Å². The van der Waals surface area contributed by atoms with E-state index in [9.17, 15) is 18.5 Å². The molecule has 0 saturated carbocycles. The minimum Gasteiger partial charge on any atom is -0.281 e. The molecule has 8 heteroatoms. The van der Waals surface area contributed by atoms with E-state index in [1.54, 1.807) is 34.6 Å². The average Bonchev–Trinajstić information content (AvgIpc) is 2.28. The summed E-state index contributed by atoms with van der Waals surface area (Å²) in [4.78, 5) is 17.1. The zero-order chi connectivity index (χ0) is 15.7. The number of rotatable bonds is 4. The Balaban J connectivity index is 3.23. The zero-order valence-electron chi connectivity index (χ0n) is 12.1. The monoisotopic (exact) mass is 302 g/mol. The molecule has 0 aromatic heterocycles. The number of sulfonamides is 1. The third-order valence-electron chi connectivity index (χ3n) is 2.58. The van der Waals surface area contributed by atoms with E-state index in [0.717, 1.165) is 6.07 Å².